The first-order valence-electron chi connectivity index (χ1n) is 2.77. The van der Waals surface area contributed by atoms with Crippen molar-refractivity contribution in [2.45, 2.75) is 0 Å². The average molecular weight is 538 g/mol. The first-order chi connectivity index (χ1) is 6.50. The summed E-state index contributed by atoms with van der Waals surface area (Å²) in [7, 11) is 0. The third-order valence-electron chi connectivity index (χ3n) is 0.643. The van der Waals surface area contributed by atoms with Crippen molar-refractivity contribution in [2.75, 3.05) is 0 Å². The molecule has 0 radical (unpaired) electrons. The van der Waals surface area contributed by atoms with Gasteiger partial charge in [0.2, 0.25) is 0 Å². The Hall–Kier alpha value is 4.35. The van der Waals surface area contributed by atoms with Crippen LogP contribution in [0.2, 0.25) is 0 Å². The van der Waals surface area contributed by atoms with Crippen LogP contribution in [0.5, 0.6) is 0 Å². The first kappa shape index (κ1) is 22.6. The summed E-state index contributed by atoms with van der Waals surface area (Å²) in [5, 5.41) is 0. The molecule has 0 nitrogen and oxygen atoms in total. The summed E-state index contributed by atoms with van der Waals surface area (Å²) in [5.41, 5.74) is -12.0. The molecule has 0 aromatic heterocycles. The minimum Gasteiger partial charge on any atom is -0.125 e. The molecule has 0 saturated carbocycles. The zero-order valence-corrected chi connectivity index (χ0v) is 19.6. The van der Waals surface area contributed by atoms with Crippen LogP contribution in [0.4, 0.5) is 0 Å². The minimum atomic E-state index is -3.01. The Morgan fingerprint density at radius 2 is 0.312 bits per heavy atom. The summed E-state index contributed by atoms with van der Waals surface area (Å²) in [4.78, 5) is 0. The van der Waals surface area contributed by atoms with E-state index < -0.39 is 22.1 Å². The number of hydrogen-bond acceptors (Lipinski definition) is 0. The van der Waals surface area contributed by atoms with Gasteiger partial charge in [0, 0.05) is 0 Å². The van der Waals surface area contributed by atoms with E-state index in [-0.39, 0.29) is 0 Å². The number of hydrogen-bond donors (Lipinski definition) is 0. The van der Waals surface area contributed by atoms with E-state index in [1.807, 2.05) is 0 Å². The second-order valence-corrected chi connectivity index (χ2v) is 53.8. The van der Waals surface area contributed by atoms with Crippen LogP contribution in [0, 0.1) is 0 Å². The minimum absolute atomic E-state index is 3.01. The quantitative estimate of drug-likeness (QED) is 0.270. The second kappa shape index (κ2) is 8.10. The highest BCUT2D eigenvalue weighted by atomic mass is 35.9. The van der Waals surface area contributed by atoms with Crippen molar-refractivity contribution in [2.24, 2.45) is 0 Å². The Kier molecular flexibility index (Phi) is 11.5. The molecule has 0 N–H and O–H groups in total. The van der Waals surface area contributed by atoms with Gasteiger partial charge in [0.05, 0.1) is 0 Å². The fraction of sp³-hybridized carbons (Fsp3) is 0. The van der Waals surface area contributed by atoms with Gasteiger partial charge in [0.1, 0.15) is 0 Å². The highest BCUT2D eigenvalue weighted by Gasteiger charge is 2.52. The molecule has 16 heteroatoms. The maximum absolute atomic E-state index is 5.34. The Balaban J connectivity index is 0. The highest BCUT2D eigenvalue weighted by Crippen LogP contribution is 2.40. The highest BCUT2D eigenvalue weighted by molar-refractivity contribution is 8.10. The van der Waals surface area contributed by atoms with E-state index in [0.717, 1.165) is 0 Å². The molecule has 0 heterocycles. The zero-order chi connectivity index (χ0) is 14.0. The molecule has 0 amide bonds. The van der Waals surface area contributed by atoms with E-state index in [4.69, 9.17) is 133 Å². The third kappa shape index (κ3) is 11.1. The number of halogens is 12. The fourth-order valence-corrected chi connectivity index (χ4v) is 0. The third-order valence-corrected chi connectivity index (χ3v) is 52.1. The van der Waals surface area contributed by atoms with Crippen LogP contribution in [0.3, 0.4) is 0 Å². The maximum atomic E-state index is 5.34. The van der Waals surface area contributed by atoms with Crippen molar-refractivity contribution in [1.29, 1.82) is 0 Å². The zero-order valence-electron chi connectivity index (χ0n) is 6.54. The normalized spacial score (nSPS) is 14.2. The molecule has 0 unspecified atom stereocenters. The molecule has 16 heavy (non-hydrogen) atoms. The summed E-state index contributed by atoms with van der Waals surface area (Å²) in [6.45, 7) is 0. The van der Waals surface area contributed by atoms with E-state index in [2.05, 4.69) is 0 Å². The second-order valence-electron chi connectivity index (χ2n) is 1.99. The fourth-order valence-electron chi connectivity index (χ4n) is 0. The lowest BCUT2D eigenvalue weighted by Gasteiger charge is -2.12. The van der Waals surface area contributed by atoms with Gasteiger partial charge in [-0.15, -0.1) is 133 Å². The van der Waals surface area contributed by atoms with Crippen molar-refractivity contribution in [1.82, 2.24) is 0 Å². The standard InChI is InChI=1S/2Cl6Si2/c2*1-7(2,3)8(4,5)6. The molecule has 0 aliphatic carbocycles. The van der Waals surface area contributed by atoms with Crippen LogP contribution in [0.25, 0.3) is 0 Å². The molecule has 0 aromatic rings. The monoisotopic (exact) mass is 532 g/mol. The van der Waals surface area contributed by atoms with Crippen molar-refractivity contribution < 1.29 is 0 Å². The SMILES string of the molecule is Cl[Si](Cl)(Cl)[Si](Cl)(Cl)Cl.Cl[Si](Cl)(Cl)[Si](Cl)(Cl)Cl. The number of rotatable bonds is 2. The molecule has 100 valence electrons. The van der Waals surface area contributed by atoms with E-state index in [1.54, 1.807) is 0 Å². The van der Waals surface area contributed by atoms with Gasteiger partial charge in [0.15, 0.2) is 0 Å². The summed E-state index contributed by atoms with van der Waals surface area (Å²) in [5.74, 6) is 0. The smallest absolute Gasteiger partial charge is 0.125 e. The van der Waals surface area contributed by atoms with Crippen molar-refractivity contribution in [3.05, 3.63) is 0 Å². The Morgan fingerprint density at radius 3 is 0.312 bits per heavy atom. The topological polar surface area (TPSA) is 0 Å². The van der Waals surface area contributed by atoms with Crippen LogP contribution in [-0.4, -0.2) is 22.1 Å². The molecule has 0 atom stereocenters. The van der Waals surface area contributed by atoms with Gasteiger partial charge in [-0.05, 0) is 0 Å². The van der Waals surface area contributed by atoms with Crippen molar-refractivity contribution >= 4 is 155 Å². The molecule has 0 aliphatic heterocycles. The van der Waals surface area contributed by atoms with E-state index in [9.17, 15) is 0 Å². The largest absolute Gasteiger partial charge is 0.376 e. The van der Waals surface area contributed by atoms with Gasteiger partial charge < -0.3 is 0 Å². The first-order valence-corrected chi connectivity index (χ1v) is 24.9. The van der Waals surface area contributed by atoms with Crippen LogP contribution >= 0.6 is 133 Å². The van der Waals surface area contributed by atoms with Crippen LogP contribution in [-0.2, 0) is 0 Å². The van der Waals surface area contributed by atoms with Crippen LogP contribution < -0.4 is 0 Å². The lowest BCUT2D eigenvalue weighted by atomic mass is 26.7. The van der Waals surface area contributed by atoms with Gasteiger partial charge in [-0.1, -0.05) is 0 Å². The lowest BCUT2D eigenvalue weighted by molar-refractivity contribution is 3.49. The molecule has 0 bridgehead atoms. The summed E-state index contributed by atoms with van der Waals surface area (Å²) in [6.07, 6.45) is 0. The Labute approximate surface area is 153 Å². The predicted molar refractivity (Wildman–Crippen MR) is 93.3 cm³/mol. The van der Waals surface area contributed by atoms with E-state index >= 15 is 0 Å². The van der Waals surface area contributed by atoms with Gasteiger partial charge in [-0.25, -0.2) is 0 Å². The van der Waals surface area contributed by atoms with E-state index in [0.29, 0.717) is 0 Å². The molecule has 0 spiro atoms. The summed E-state index contributed by atoms with van der Waals surface area (Å²) in [6, 6.07) is 0. The molecular formula is Cl12Si4. The lowest BCUT2D eigenvalue weighted by Crippen LogP contribution is -2.36. The van der Waals surface area contributed by atoms with Gasteiger partial charge >= 0.3 is 22.1 Å². The van der Waals surface area contributed by atoms with Gasteiger partial charge in [0.25, 0.3) is 0 Å². The van der Waals surface area contributed by atoms with Crippen molar-refractivity contribution in [3.63, 3.8) is 0 Å². The molecule has 0 rings (SSSR count). The van der Waals surface area contributed by atoms with Gasteiger partial charge in [-0.2, -0.15) is 0 Å². The van der Waals surface area contributed by atoms with Crippen LogP contribution in [0.1, 0.15) is 0 Å². The molecule has 0 aliphatic rings. The Bertz CT molecular complexity index is 147. The Morgan fingerprint density at radius 1 is 0.250 bits per heavy atom. The maximum Gasteiger partial charge on any atom is 0.376 e. The summed E-state index contributed by atoms with van der Waals surface area (Å²) < 4.78 is 0. The molecular weight excluding hydrogens is 538 g/mol. The van der Waals surface area contributed by atoms with Gasteiger partial charge in [-0.3, -0.25) is 0 Å². The molecule has 0 aromatic carbocycles. The molecule has 0 fully saturated rings. The predicted octanol–water partition coefficient (Wildman–Crippen LogP) is 6.75. The summed E-state index contributed by atoms with van der Waals surface area (Å²) >= 11 is 64.1. The van der Waals surface area contributed by atoms with Crippen molar-refractivity contribution in [3.8, 4) is 0 Å². The molecule has 0 saturated heterocycles. The van der Waals surface area contributed by atoms with E-state index in [1.165, 1.54) is 0 Å². The van der Waals surface area contributed by atoms with Crippen LogP contribution in [0.15, 0.2) is 0 Å². The average Bonchev–Trinajstić information content (AvgIpc) is 1.77.